The fourth-order valence-corrected chi connectivity index (χ4v) is 1.43. The number of benzene rings is 2. The van der Waals surface area contributed by atoms with Crippen LogP contribution in [-0.4, -0.2) is 5.91 Å². The highest BCUT2D eigenvalue weighted by Crippen LogP contribution is 2.18. The first-order valence-electron chi connectivity index (χ1n) is 5.21. The quantitative estimate of drug-likeness (QED) is 0.784. The molecular formula is C15H15NO. The van der Waals surface area contributed by atoms with Crippen molar-refractivity contribution in [3.8, 4) is 0 Å². The lowest BCUT2D eigenvalue weighted by Gasteiger charge is -1.99. The van der Waals surface area contributed by atoms with Crippen molar-refractivity contribution in [2.75, 3.05) is 0 Å². The van der Waals surface area contributed by atoms with Gasteiger partial charge in [-0.1, -0.05) is 61.7 Å². The van der Waals surface area contributed by atoms with Crippen molar-refractivity contribution >= 4 is 22.8 Å². The molecule has 0 saturated carbocycles. The van der Waals surface area contributed by atoms with Gasteiger partial charge in [0.1, 0.15) is 0 Å². The Kier molecular flexibility index (Phi) is 4.70. The first kappa shape index (κ1) is 12.7. The lowest BCUT2D eigenvalue weighted by molar-refractivity contribution is -0.113. The minimum atomic E-state index is -0.481. The summed E-state index contributed by atoms with van der Waals surface area (Å²) in [6.45, 7) is 6.87. The molecule has 0 aliphatic carbocycles. The molecule has 86 valence electrons. The third-order valence-electron chi connectivity index (χ3n) is 2.24. The minimum Gasteiger partial charge on any atom is -0.366 e. The number of nitrogens with two attached hydrogens (primary N) is 1. The molecule has 2 heteroatoms. The van der Waals surface area contributed by atoms with Crippen LogP contribution < -0.4 is 5.73 Å². The van der Waals surface area contributed by atoms with Gasteiger partial charge in [0.05, 0.1) is 0 Å². The van der Waals surface area contributed by atoms with Crippen LogP contribution in [0.15, 0.2) is 61.7 Å². The topological polar surface area (TPSA) is 43.1 Å². The van der Waals surface area contributed by atoms with E-state index in [0.717, 1.165) is 6.08 Å². The van der Waals surface area contributed by atoms with Gasteiger partial charge in [-0.25, -0.2) is 0 Å². The van der Waals surface area contributed by atoms with Crippen LogP contribution in [0.2, 0.25) is 0 Å². The summed E-state index contributed by atoms with van der Waals surface area (Å²) in [5.74, 6) is -0.481. The van der Waals surface area contributed by atoms with Crippen LogP contribution in [0.25, 0.3) is 16.8 Å². The number of amides is 1. The van der Waals surface area contributed by atoms with Crippen molar-refractivity contribution < 1.29 is 4.79 Å². The Morgan fingerprint density at radius 3 is 2.24 bits per heavy atom. The van der Waals surface area contributed by atoms with Crippen molar-refractivity contribution in [2.45, 2.75) is 0 Å². The lowest BCUT2D eigenvalue weighted by atomic mass is 10.1. The maximum Gasteiger partial charge on any atom is 0.240 e. The van der Waals surface area contributed by atoms with Gasteiger partial charge in [-0.05, 0) is 22.4 Å². The average Bonchev–Trinajstić information content (AvgIpc) is 2.38. The smallest absolute Gasteiger partial charge is 0.240 e. The zero-order valence-electron chi connectivity index (χ0n) is 9.60. The summed E-state index contributed by atoms with van der Waals surface area (Å²) >= 11 is 0. The number of rotatable bonds is 2. The van der Waals surface area contributed by atoms with Crippen LogP contribution in [0.1, 0.15) is 5.56 Å². The molecule has 2 aromatic carbocycles. The predicted octanol–water partition coefficient (Wildman–Crippen LogP) is 3.14. The summed E-state index contributed by atoms with van der Waals surface area (Å²) in [6.07, 6.45) is 2.95. The molecule has 0 spiro atoms. The van der Waals surface area contributed by atoms with Gasteiger partial charge < -0.3 is 5.73 Å². The Morgan fingerprint density at radius 2 is 1.65 bits per heavy atom. The number of primary amides is 1. The largest absolute Gasteiger partial charge is 0.366 e. The predicted molar refractivity (Wildman–Crippen MR) is 73.4 cm³/mol. The van der Waals surface area contributed by atoms with E-state index in [4.69, 9.17) is 0 Å². The molecule has 0 saturated heterocycles. The van der Waals surface area contributed by atoms with Gasteiger partial charge >= 0.3 is 0 Å². The maximum atomic E-state index is 9.47. The van der Waals surface area contributed by atoms with E-state index in [1.165, 1.54) is 16.3 Å². The van der Waals surface area contributed by atoms with Crippen molar-refractivity contribution in [2.24, 2.45) is 5.73 Å². The minimum absolute atomic E-state index is 0.481. The molecule has 0 fully saturated rings. The van der Waals surface area contributed by atoms with Crippen molar-refractivity contribution in [1.29, 1.82) is 0 Å². The number of hydrogen-bond donors (Lipinski definition) is 1. The Balaban J connectivity index is 0.000000249. The van der Waals surface area contributed by atoms with Gasteiger partial charge in [-0.15, -0.1) is 0 Å². The number of carbonyl (C=O) groups excluding carboxylic acids is 1. The van der Waals surface area contributed by atoms with Crippen LogP contribution in [0.5, 0.6) is 0 Å². The van der Waals surface area contributed by atoms with E-state index in [9.17, 15) is 4.79 Å². The number of carbonyl (C=O) groups is 1. The lowest BCUT2D eigenvalue weighted by Crippen LogP contribution is -2.04. The first-order valence-corrected chi connectivity index (χ1v) is 5.21. The molecule has 0 bridgehead atoms. The van der Waals surface area contributed by atoms with Crippen molar-refractivity contribution in [3.63, 3.8) is 0 Å². The molecule has 0 aromatic heterocycles. The summed E-state index contributed by atoms with van der Waals surface area (Å²) in [5.41, 5.74) is 5.74. The molecule has 2 N–H and O–H groups in total. The standard InChI is InChI=1S/C12H10.C3H5NO/c1-2-10-7-5-8-11-6-3-4-9-12(10)11;1-2-3(4)5/h2-9H,1H2;2H,1H2,(H2,4,5). The molecule has 0 aliphatic rings. The van der Waals surface area contributed by atoms with Crippen LogP contribution in [0.3, 0.4) is 0 Å². The highest BCUT2D eigenvalue weighted by Gasteiger charge is 1.93. The van der Waals surface area contributed by atoms with Gasteiger partial charge in [0.2, 0.25) is 5.91 Å². The third kappa shape index (κ3) is 3.61. The van der Waals surface area contributed by atoms with E-state index < -0.39 is 5.91 Å². The number of hydrogen-bond acceptors (Lipinski definition) is 1. The molecule has 0 heterocycles. The zero-order valence-corrected chi connectivity index (χ0v) is 9.60. The molecule has 0 radical (unpaired) electrons. The van der Waals surface area contributed by atoms with Gasteiger partial charge in [0.15, 0.2) is 0 Å². The van der Waals surface area contributed by atoms with Crippen molar-refractivity contribution in [3.05, 3.63) is 67.3 Å². The Bertz CT molecular complexity index is 538. The van der Waals surface area contributed by atoms with Crippen molar-refractivity contribution in [1.82, 2.24) is 0 Å². The fraction of sp³-hybridized carbons (Fsp3) is 0. The Morgan fingerprint density at radius 1 is 1.06 bits per heavy atom. The van der Waals surface area contributed by atoms with Crippen LogP contribution in [-0.2, 0) is 4.79 Å². The third-order valence-corrected chi connectivity index (χ3v) is 2.24. The highest BCUT2D eigenvalue weighted by molar-refractivity contribution is 5.90. The second kappa shape index (κ2) is 6.28. The van der Waals surface area contributed by atoms with E-state index >= 15 is 0 Å². The molecule has 0 atom stereocenters. The summed E-state index contributed by atoms with van der Waals surface area (Å²) in [4.78, 5) is 9.47. The molecule has 1 amide bonds. The Hall–Kier alpha value is -2.35. The van der Waals surface area contributed by atoms with Gasteiger partial charge in [-0.2, -0.15) is 0 Å². The van der Waals surface area contributed by atoms with Crippen LogP contribution in [0.4, 0.5) is 0 Å². The van der Waals surface area contributed by atoms with Crippen LogP contribution >= 0.6 is 0 Å². The highest BCUT2D eigenvalue weighted by atomic mass is 16.1. The normalized spacial score (nSPS) is 8.94. The first-order chi connectivity index (χ1) is 8.19. The summed E-state index contributed by atoms with van der Waals surface area (Å²) < 4.78 is 0. The second-order valence-corrected chi connectivity index (χ2v) is 3.38. The SMILES string of the molecule is C=CC(N)=O.C=Cc1cccc2ccccc12. The second-order valence-electron chi connectivity index (χ2n) is 3.38. The fourth-order valence-electron chi connectivity index (χ4n) is 1.43. The summed E-state index contributed by atoms with van der Waals surface area (Å²) in [7, 11) is 0. The van der Waals surface area contributed by atoms with Crippen LogP contribution in [0, 0.1) is 0 Å². The van der Waals surface area contributed by atoms with Gasteiger partial charge in [0.25, 0.3) is 0 Å². The zero-order chi connectivity index (χ0) is 12.7. The summed E-state index contributed by atoms with van der Waals surface area (Å²) in [5, 5.41) is 2.55. The average molecular weight is 225 g/mol. The van der Waals surface area contributed by atoms with E-state index in [1.807, 2.05) is 6.08 Å². The molecule has 0 aliphatic heterocycles. The van der Waals surface area contributed by atoms with E-state index in [-0.39, 0.29) is 0 Å². The molecule has 17 heavy (non-hydrogen) atoms. The van der Waals surface area contributed by atoms with E-state index in [1.54, 1.807) is 0 Å². The molecule has 2 rings (SSSR count). The van der Waals surface area contributed by atoms with E-state index in [2.05, 4.69) is 61.4 Å². The monoisotopic (exact) mass is 225 g/mol. The Labute approximate surface area is 101 Å². The molecule has 2 nitrogen and oxygen atoms in total. The number of fused-ring (bicyclic) bond motifs is 1. The molecular weight excluding hydrogens is 210 g/mol. The molecule has 0 unspecified atom stereocenters. The summed E-state index contributed by atoms with van der Waals surface area (Å²) in [6, 6.07) is 14.6. The van der Waals surface area contributed by atoms with E-state index in [0.29, 0.717) is 0 Å². The van der Waals surface area contributed by atoms with Gasteiger partial charge in [0, 0.05) is 0 Å². The van der Waals surface area contributed by atoms with Gasteiger partial charge in [-0.3, -0.25) is 4.79 Å². The molecule has 2 aromatic rings. The maximum absolute atomic E-state index is 9.47.